The summed E-state index contributed by atoms with van der Waals surface area (Å²) in [5, 5.41) is 0. The standard InChI is InChI=1S/C14H30OSi/c1-6-8-9-10-11-14(7-2)12-13-15-16(3,4)5/h12-14H,6-11H2,1-5H3/b13-12-. The average molecular weight is 242 g/mol. The topological polar surface area (TPSA) is 9.23 Å². The molecule has 0 rings (SSSR count). The summed E-state index contributed by atoms with van der Waals surface area (Å²) in [6, 6.07) is 0. The van der Waals surface area contributed by atoms with Crippen LogP contribution in [0.2, 0.25) is 19.6 Å². The van der Waals surface area contributed by atoms with Crippen molar-refractivity contribution in [2.24, 2.45) is 5.92 Å². The smallest absolute Gasteiger partial charge is 0.241 e. The first-order valence-electron chi connectivity index (χ1n) is 6.84. The minimum absolute atomic E-state index is 0.716. The van der Waals surface area contributed by atoms with E-state index in [1.165, 1.54) is 38.5 Å². The molecule has 0 saturated heterocycles. The maximum atomic E-state index is 5.75. The highest BCUT2D eigenvalue weighted by Gasteiger charge is 2.13. The molecule has 1 atom stereocenters. The molecule has 0 heterocycles. The molecule has 16 heavy (non-hydrogen) atoms. The van der Waals surface area contributed by atoms with Crippen LogP contribution in [-0.2, 0) is 4.43 Å². The Kier molecular flexibility index (Phi) is 8.72. The van der Waals surface area contributed by atoms with E-state index >= 15 is 0 Å². The molecule has 0 bridgehead atoms. The van der Waals surface area contributed by atoms with Gasteiger partial charge in [0, 0.05) is 0 Å². The average Bonchev–Trinajstić information content (AvgIpc) is 2.20. The molecular formula is C14H30OSi. The number of unbranched alkanes of at least 4 members (excludes halogenated alkanes) is 3. The van der Waals surface area contributed by atoms with Crippen LogP contribution in [-0.4, -0.2) is 8.32 Å². The number of allylic oxidation sites excluding steroid dienone is 1. The summed E-state index contributed by atoms with van der Waals surface area (Å²) in [7, 11) is -1.37. The molecule has 1 unspecified atom stereocenters. The van der Waals surface area contributed by atoms with Crippen LogP contribution in [0.25, 0.3) is 0 Å². The summed E-state index contributed by atoms with van der Waals surface area (Å²) in [5.41, 5.74) is 0. The van der Waals surface area contributed by atoms with E-state index in [0.717, 1.165) is 0 Å². The lowest BCUT2D eigenvalue weighted by atomic mass is 9.98. The van der Waals surface area contributed by atoms with E-state index in [1.54, 1.807) is 0 Å². The lowest BCUT2D eigenvalue weighted by molar-refractivity contribution is 0.457. The Bertz CT molecular complexity index is 182. The molecule has 1 nitrogen and oxygen atoms in total. The van der Waals surface area contributed by atoms with Gasteiger partial charge in [-0.2, -0.15) is 0 Å². The summed E-state index contributed by atoms with van der Waals surface area (Å²) in [6.45, 7) is 11.2. The molecule has 0 aliphatic heterocycles. The Morgan fingerprint density at radius 3 is 2.25 bits per heavy atom. The van der Waals surface area contributed by atoms with Gasteiger partial charge in [-0.05, 0) is 44.5 Å². The Balaban J connectivity index is 3.73. The van der Waals surface area contributed by atoms with Gasteiger partial charge < -0.3 is 4.43 Å². The third-order valence-electron chi connectivity index (χ3n) is 2.73. The SMILES string of the molecule is CCCCCCC(/C=C\O[Si](C)(C)C)CC. The fourth-order valence-electron chi connectivity index (χ4n) is 1.62. The van der Waals surface area contributed by atoms with E-state index < -0.39 is 8.32 Å². The van der Waals surface area contributed by atoms with E-state index in [2.05, 4.69) is 39.6 Å². The van der Waals surface area contributed by atoms with E-state index in [1.807, 2.05) is 6.26 Å². The summed E-state index contributed by atoms with van der Waals surface area (Å²) >= 11 is 0. The van der Waals surface area contributed by atoms with Crippen LogP contribution in [0.4, 0.5) is 0 Å². The molecule has 0 aromatic carbocycles. The van der Waals surface area contributed by atoms with Gasteiger partial charge in [0.15, 0.2) is 0 Å². The van der Waals surface area contributed by atoms with E-state index in [0.29, 0.717) is 5.92 Å². The Morgan fingerprint density at radius 2 is 1.75 bits per heavy atom. The predicted molar refractivity (Wildman–Crippen MR) is 76.1 cm³/mol. The quantitative estimate of drug-likeness (QED) is 0.301. The molecule has 0 radical (unpaired) electrons. The van der Waals surface area contributed by atoms with Crippen molar-refractivity contribution in [1.82, 2.24) is 0 Å². The van der Waals surface area contributed by atoms with Gasteiger partial charge in [-0.25, -0.2) is 0 Å². The molecule has 0 aromatic heterocycles. The van der Waals surface area contributed by atoms with Gasteiger partial charge in [0.2, 0.25) is 8.32 Å². The molecular weight excluding hydrogens is 212 g/mol. The minimum atomic E-state index is -1.37. The highest BCUT2D eigenvalue weighted by Crippen LogP contribution is 2.16. The molecule has 0 aliphatic carbocycles. The van der Waals surface area contributed by atoms with Crippen LogP contribution in [0.5, 0.6) is 0 Å². The summed E-state index contributed by atoms with van der Waals surface area (Å²) < 4.78 is 5.75. The zero-order chi connectivity index (χ0) is 12.4. The number of hydrogen-bond donors (Lipinski definition) is 0. The van der Waals surface area contributed by atoms with Gasteiger partial charge in [-0.3, -0.25) is 0 Å². The van der Waals surface area contributed by atoms with Crippen LogP contribution in [0.3, 0.4) is 0 Å². The highest BCUT2D eigenvalue weighted by atomic mass is 28.4. The van der Waals surface area contributed by atoms with Crippen LogP contribution < -0.4 is 0 Å². The van der Waals surface area contributed by atoms with Gasteiger partial charge >= 0.3 is 0 Å². The van der Waals surface area contributed by atoms with Crippen LogP contribution >= 0.6 is 0 Å². The Morgan fingerprint density at radius 1 is 1.06 bits per heavy atom. The molecule has 0 aromatic rings. The van der Waals surface area contributed by atoms with Crippen molar-refractivity contribution in [3.63, 3.8) is 0 Å². The van der Waals surface area contributed by atoms with Crippen molar-refractivity contribution in [3.05, 3.63) is 12.3 Å². The third kappa shape index (κ3) is 10.3. The molecule has 96 valence electrons. The van der Waals surface area contributed by atoms with Crippen molar-refractivity contribution in [2.45, 2.75) is 72.0 Å². The van der Waals surface area contributed by atoms with Gasteiger partial charge in [-0.15, -0.1) is 0 Å². The highest BCUT2D eigenvalue weighted by molar-refractivity contribution is 6.69. The first kappa shape index (κ1) is 15.8. The molecule has 0 fully saturated rings. The van der Waals surface area contributed by atoms with Crippen LogP contribution in [0, 0.1) is 5.92 Å². The van der Waals surface area contributed by atoms with Crippen molar-refractivity contribution < 1.29 is 4.43 Å². The zero-order valence-corrected chi connectivity index (χ0v) is 12.9. The second kappa shape index (κ2) is 8.86. The zero-order valence-electron chi connectivity index (χ0n) is 11.9. The maximum Gasteiger partial charge on any atom is 0.241 e. The van der Waals surface area contributed by atoms with Gasteiger partial charge in [0.25, 0.3) is 0 Å². The Hall–Kier alpha value is -0.243. The third-order valence-corrected chi connectivity index (χ3v) is 3.57. The first-order valence-corrected chi connectivity index (χ1v) is 10.2. The molecule has 0 spiro atoms. The summed E-state index contributed by atoms with van der Waals surface area (Å²) in [6.07, 6.45) is 12.2. The van der Waals surface area contributed by atoms with Crippen molar-refractivity contribution >= 4 is 8.32 Å². The molecule has 0 amide bonds. The normalized spacial score (nSPS) is 14.3. The molecule has 0 saturated carbocycles. The van der Waals surface area contributed by atoms with Crippen LogP contribution in [0.15, 0.2) is 12.3 Å². The lowest BCUT2D eigenvalue weighted by Crippen LogP contribution is -2.22. The molecule has 0 aliphatic rings. The monoisotopic (exact) mass is 242 g/mol. The summed E-state index contributed by atoms with van der Waals surface area (Å²) in [5.74, 6) is 0.716. The van der Waals surface area contributed by atoms with Crippen molar-refractivity contribution in [2.75, 3.05) is 0 Å². The van der Waals surface area contributed by atoms with E-state index in [4.69, 9.17) is 4.43 Å². The fraction of sp³-hybridized carbons (Fsp3) is 0.857. The van der Waals surface area contributed by atoms with E-state index in [9.17, 15) is 0 Å². The predicted octanol–water partition coefficient (Wildman–Crippen LogP) is 5.35. The van der Waals surface area contributed by atoms with Gasteiger partial charge in [-0.1, -0.05) is 39.5 Å². The van der Waals surface area contributed by atoms with Crippen molar-refractivity contribution in [1.29, 1.82) is 0 Å². The van der Waals surface area contributed by atoms with Gasteiger partial charge in [0.1, 0.15) is 0 Å². The molecule has 0 N–H and O–H groups in total. The summed E-state index contributed by atoms with van der Waals surface area (Å²) in [4.78, 5) is 0. The van der Waals surface area contributed by atoms with Crippen LogP contribution in [0.1, 0.15) is 52.4 Å². The fourth-order valence-corrected chi connectivity index (χ4v) is 2.11. The van der Waals surface area contributed by atoms with Gasteiger partial charge in [0.05, 0.1) is 6.26 Å². The second-order valence-corrected chi connectivity index (χ2v) is 10.0. The number of rotatable bonds is 9. The lowest BCUT2D eigenvalue weighted by Gasteiger charge is -2.16. The molecule has 2 heteroatoms. The van der Waals surface area contributed by atoms with Crippen molar-refractivity contribution in [3.8, 4) is 0 Å². The maximum absolute atomic E-state index is 5.75. The first-order chi connectivity index (χ1) is 7.49. The minimum Gasteiger partial charge on any atom is -0.550 e. The number of hydrogen-bond acceptors (Lipinski definition) is 1. The van der Waals surface area contributed by atoms with E-state index in [-0.39, 0.29) is 0 Å². The Labute approximate surface area is 103 Å². The second-order valence-electron chi connectivity index (χ2n) is 5.58. The largest absolute Gasteiger partial charge is 0.550 e.